The van der Waals surface area contributed by atoms with Crippen LogP contribution in [0.2, 0.25) is 0 Å². The highest BCUT2D eigenvalue weighted by molar-refractivity contribution is 5.75. The summed E-state index contributed by atoms with van der Waals surface area (Å²) >= 11 is 0. The second-order valence-corrected chi connectivity index (χ2v) is 4.37. The summed E-state index contributed by atoms with van der Waals surface area (Å²) in [4.78, 5) is 21.6. The molecule has 0 rings (SSSR count). The number of aliphatic carboxylic acids is 1. The zero-order valence-electron chi connectivity index (χ0n) is 10.8. The lowest BCUT2D eigenvalue weighted by Crippen LogP contribution is -2.23. The van der Waals surface area contributed by atoms with E-state index in [1.165, 1.54) is 0 Å². The maximum absolute atomic E-state index is 11.3. The van der Waals surface area contributed by atoms with Gasteiger partial charge in [0.05, 0.1) is 0 Å². The van der Waals surface area contributed by atoms with Crippen LogP contribution in [-0.4, -0.2) is 23.5 Å². The lowest BCUT2D eigenvalue weighted by Gasteiger charge is -2.04. The van der Waals surface area contributed by atoms with Gasteiger partial charge in [-0.25, -0.2) is 0 Å². The van der Waals surface area contributed by atoms with Crippen molar-refractivity contribution >= 4 is 11.9 Å². The molecule has 0 aromatic heterocycles. The Labute approximate surface area is 104 Å². The van der Waals surface area contributed by atoms with Crippen LogP contribution in [0.15, 0.2) is 0 Å². The van der Waals surface area contributed by atoms with E-state index in [-0.39, 0.29) is 12.3 Å². The van der Waals surface area contributed by atoms with Gasteiger partial charge in [0.1, 0.15) is 0 Å². The molecule has 0 aliphatic rings. The van der Waals surface area contributed by atoms with Crippen LogP contribution in [0.5, 0.6) is 0 Å². The number of rotatable bonds is 11. The molecule has 0 aliphatic heterocycles. The topological polar surface area (TPSA) is 66.4 Å². The predicted octanol–water partition coefficient (Wildman–Crippen LogP) is 2.72. The number of carbonyl (C=O) groups excluding carboxylic acids is 1. The van der Waals surface area contributed by atoms with Gasteiger partial charge >= 0.3 is 5.97 Å². The molecule has 0 fully saturated rings. The first-order valence-electron chi connectivity index (χ1n) is 6.65. The summed E-state index contributed by atoms with van der Waals surface area (Å²) in [6.07, 6.45) is 7.65. The lowest BCUT2D eigenvalue weighted by atomic mass is 10.1. The summed E-state index contributed by atoms with van der Waals surface area (Å²) < 4.78 is 0. The van der Waals surface area contributed by atoms with Crippen LogP contribution in [0.1, 0.15) is 64.7 Å². The second kappa shape index (κ2) is 11.4. The Bertz CT molecular complexity index is 217. The Hall–Kier alpha value is -1.06. The molecule has 0 radical (unpaired) electrons. The van der Waals surface area contributed by atoms with Gasteiger partial charge in [0.2, 0.25) is 5.91 Å². The van der Waals surface area contributed by atoms with Crippen LogP contribution >= 0.6 is 0 Å². The molecule has 1 amide bonds. The van der Waals surface area contributed by atoms with Crippen LogP contribution in [0.3, 0.4) is 0 Å². The molecule has 4 heteroatoms. The van der Waals surface area contributed by atoms with Crippen molar-refractivity contribution in [1.29, 1.82) is 0 Å². The normalized spacial score (nSPS) is 10.2. The van der Waals surface area contributed by atoms with Crippen molar-refractivity contribution in [3.8, 4) is 0 Å². The van der Waals surface area contributed by atoms with E-state index in [0.29, 0.717) is 6.42 Å². The van der Waals surface area contributed by atoms with Crippen LogP contribution in [-0.2, 0) is 9.59 Å². The van der Waals surface area contributed by atoms with Gasteiger partial charge < -0.3 is 10.4 Å². The third kappa shape index (κ3) is 12.9. The highest BCUT2D eigenvalue weighted by atomic mass is 16.4. The van der Waals surface area contributed by atoms with Crippen molar-refractivity contribution in [2.45, 2.75) is 64.7 Å². The third-order valence-electron chi connectivity index (χ3n) is 2.65. The average Bonchev–Trinajstić information content (AvgIpc) is 2.28. The fourth-order valence-corrected chi connectivity index (χ4v) is 1.59. The minimum absolute atomic E-state index is 0.143. The summed E-state index contributed by atoms with van der Waals surface area (Å²) in [6, 6.07) is 0. The number of carboxylic acid groups (broad SMARTS) is 1. The maximum Gasteiger partial charge on any atom is 0.303 e. The van der Waals surface area contributed by atoms with E-state index >= 15 is 0 Å². The molecular formula is C13H25NO3. The van der Waals surface area contributed by atoms with E-state index in [9.17, 15) is 9.59 Å². The highest BCUT2D eigenvalue weighted by Crippen LogP contribution is 2.07. The number of carbonyl (C=O) groups is 2. The second-order valence-electron chi connectivity index (χ2n) is 4.37. The van der Waals surface area contributed by atoms with Crippen molar-refractivity contribution in [3.05, 3.63) is 0 Å². The summed E-state index contributed by atoms with van der Waals surface area (Å²) in [5.41, 5.74) is 0. The Morgan fingerprint density at radius 2 is 1.53 bits per heavy atom. The van der Waals surface area contributed by atoms with Gasteiger partial charge in [0.15, 0.2) is 0 Å². The molecule has 0 heterocycles. The first-order chi connectivity index (χ1) is 8.16. The zero-order chi connectivity index (χ0) is 12.9. The van der Waals surface area contributed by atoms with Crippen molar-refractivity contribution in [1.82, 2.24) is 5.32 Å². The average molecular weight is 243 g/mol. The molecule has 17 heavy (non-hydrogen) atoms. The van der Waals surface area contributed by atoms with Crippen molar-refractivity contribution in [2.75, 3.05) is 6.54 Å². The number of unbranched alkanes of at least 4 members (excludes halogenated alkanes) is 5. The van der Waals surface area contributed by atoms with Crippen LogP contribution in [0.4, 0.5) is 0 Å². The molecule has 0 bridgehead atoms. The van der Waals surface area contributed by atoms with Crippen LogP contribution in [0.25, 0.3) is 0 Å². The number of hydrogen-bond donors (Lipinski definition) is 2. The van der Waals surface area contributed by atoms with Gasteiger partial charge in [0.25, 0.3) is 0 Å². The van der Waals surface area contributed by atoms with E-state index in [0.717, 1.165) is 51.5 Å². The Kier molecular flexibility index (Phi) is 10.7. The zero-order valence-corrected chi connectivity index (χ0v) is 10.8. The quantitative estimate of drug-likeness (QED) is 0.548. The lowest BCUT2D eigenvalue weighted by molar-refractivity contribution is -0.137. The number of hydrogen-bond acceptors (Lipinski definition) is 2. The van der Waals surface area contributed by atoms with Gasteiger partial charge in [-0.3, -0.25) is 9.59 Å². The van der Waals surface area contributed by atoms with Gasteiger partial charge in [0, 0.05) is 19.4 Å². The predicted molar refractivity (Wildman–Crippen MR) is 67.9 cm³/mol. The summed E-state index contributed by atoms with van der Waals surface area (Å²) in [6.45, 7) is 2.89. The van der Waals surface area contributed by atoms with Crippen molar-refractivity contribution in [3.63, 3.8) is 0 Å². The van der Waals surface area contributed by atoms with Gasteiger partial charge in [-0.1, -0.05) is 32.6 Å². The molecule has 0 aromatic carbocycles. The first-order valence-corrected chi connectivity index (χ1v) is 6.65. The fraction of sp³-hybridized carbons (Fsp3) is 0.846. The molecule has 0 atom stereocenters. The Morgan fingerprint density at radius 1 is 0.941 bits per heavy atom. The summed E-state index contributed by atoms with van der Waals surface area (Å²) in [7, 11) is 0. The minimum Gasteiger partial charge on any atom is -0.481 e. The molecule has 0 saturated heterocycles. The van der Waals surface area contributed by atoms with E-state index in [4.69, 9.17) is 5.11 Å². The Morgan fingerprint density at radius 3 is 2.12 bits per heavy atom. The summed E-state index contributed by atoms with van der Waals surface area (Å²) in [5, 5.41) is 11.3. The standard InChI is InChI=1S/C13H25NO3/c1-2-3-11-14-12(15)9-7-5-4-6-8-10-13(16)17/h2-11H2,1H3,(H,14,15)(H,16,17). The molecular weight excluding hydrogens is 218 g/mol. The largest absolute Gasteiger partial charge is 0.481 e. The molecule has 4 nitrogen and oxygen atoms in total. The number of carboxylic acids is 1. The number of nitrogens with one attached hydrogen (secondary N) is 1. The monoisotopic (exact) mass is 243 g/mol. The SMILES string of the molecule is CCCCNC(=O)CCCCCCCC(=O)O. The maximum atomic E-state index is 11.3. The van der Waals surface area contributed by atoms with Crippen molar-refractivity contribution < 1.29 is 14.7 Å². The molecule has 2 N–H and O–H groups in total. The third-order valence-corrected chi connectivity index (χ3v) is 2.65. The molecule has 0 unspecified atom stereocenters. The van der Waals surface area contributed by atoms with Crippen LogP contribution in [0, 0.1) is 0 Å². The fourth-order valence-electron chi connectivity index (χ4n) is 1.59. The van der Waals surface area contributed by atoms with Gasteiger partial charge in [-0.15, -0.1) is 0 Å². The van der Waals surface area contributed by atoms with E-state index in [2.05, 4.69) is 12.2 Å². The highest BCUT2D eigenvalue weighted by Gasteiger charge is 2.00. The van der Waals surface area contributed by atoms with E-state index in [1.54, 1.807) is 0 Å². The molecule has 0 aromatic rings. The minimum atomic E-state index is -0.722. The smallest absolute Gasteiger partial charge is 0.303 e. The van der Waals surface area contributed by atoms with E-state index in [1.807, 2.05) is 0 Å². The molecule has 100 valence electrons. The Balaban J connectivity index is 3.16. The first kappa shape index (κ1) is 15.9. The van der Waals surface area contributed by atoms with Crippen LogP contribution < -0.4 is 5.32 Å². The molecule has 0 spiro atoms. The number of amides is 1. The molecule has 0 saturated carbocycles. The van der Waals surface area contributed by atoms with Crippen molar-refractivity contribution in [2.24, 2.45) is 0 Å². The molecule has 0 aliphatic carbocycles. The van der Waals surface area contributed by atoms with Gasteiger partial charge in [-0.05, 0) is 19.3 Å². The summed E-state index contributed by atoms with van der Waals surface area (Å²) in [5.74, 6) is -0.579. The van der Waals surface area contributed by atoms with E-state index < -0.39 is 5.97 Å². The van der Waals surface area contributed by atoms with Gasteiger partial charge in [-0.2, -0.15) is 0 Å².